The molecule has 2 rings (SSSR count). The van der Waals surface area contributed by atoms with Crippen LogP contribution in [-0.2, 0) is 22.4 Å². The van der Waals surface area contributed by atoms with E-state index in [0.717, 1.165) is 17.9 Å². The molecule has 0 radical (unpaired) electrons. The molecule has 2 atom stereocenters. The fraction of sp³-hybridized carbons (Fsp3) is 0.500. The van der Waals surface area contributed by atoms with Gasteiger partial charge in [0.2, 0.25) is 0 Å². The second kappa shape index (κ2) is 4.28. The van der Waals surface area contributed by atoms with Crippen LogP contribution in [0.4, 0.5) is 0 Å². The van der Waals surface area contributed by atoms with Gasteiger partial charge in [0.25, 0.3) is 0 Å². The zero-order valence-electron chi connectivity index (χ0n) is 10.1. The van der Waals surface area contributed by atoms with Crippen LogP contribution in [0.5, 0.6) is 0 Å². The average molecular weight is 218 g/mol. The fourth-order valence-electron chi connectivity index (χ4n) is 2.44. The number of hydrogen-bond acceptors (Lipinski definition) is 2. The van der Waals surface area contributed by atoms with Gasteiger partial charge >= 0.3 is 5.97 Å². The molecular formula is C14H18O2. The Morgan fingerprint density at radius 1 is 1.38 bits per heavy atom. The molecule has 16 heavy (non-hydrogen) atoms. The lowest BCUT2D eigenvalue weighted by Crippen LogP contribution is -2.11. The van der Waals surface area contributed by atoms with Gasteiger partial charge in [-0.15, -0.1) is 0 Å². The molecule has 0 heterocycles. The highest BCUT2D eigenvalue weighted by Gasteiger charge is 2.21. The minimum Gasteiger partial charge on any atom is -0.469 e. The third kappa shape index (κ3) is 1.97. The number of hydrogen-bond donors (Lipinski definition) is 0. The maximum atomic E-state index is 11.5. The second-order valence-corrected chi connectivity index (χ2v) is 4.79. The monoisotopic (exact) mass is 218 g/mol. The van der Waals surface area contributed by atoms with Gasteiger partial charge in [0.05, 0.1) is 13.0 Å². The van der Waals surface area contributed by atoms with Gasteiger partial charge in [-0.1, -0.05) is 25.1 Å². The number of methoxy groups -OCH3 is 1. The predicted octanol–water partition coefficient (Wildman–Crippen LogP) is 2.70. The summed E-state index contributed by atoms with van der Waals surface area (Å²) in [5, 5.41) is 0. The van der Waals surface area contributed by atoms with Crippen molar-refractivity contribution in [3.63, 3.8) is 0 Å². The fourth-order valence-corrected chi connectivity index (χ4v) is 2.44. The van der Waals surface area contributed by atoms with E-state index < -0.39 is 0 Å². The number of carbonyl (C=O) groups excluding carboxylic acids is 1. The number of benzene rings is 1. The molecular weight excluding hydrogens is 200 g/mol. The molecule has 0 aliphatic heterocycles. The second-order valence-electron chi connectivity index (χ2n) is 4.79. The molecule has 0 spiro atoms. The Bertz CT molecular complexity index is 409. The molecule has 0 saturated heterocycles. The summed E-state index contributed by atoms with van der Waals surface area (Å²) in [4.78, 5) is 11.5. The zero-order chi connectivity index (χ0) is 11.7. The van der Waals surface area contributed by atoms with Crippen LogP contribution >= 0.6 is 0 Å². The summed E-state index contributed by atoms with van der Waals surface area (Å²) in [5.74, 6) is 0.413. The lowest BCUT2D eigenvalue weighted by molar-refractivity contribution is -0.141. The van der Waals surface area contributed by atoms with Crippen LogP contribution in [0.25, 0.3) is 0 Å². The topological polar surface area (TPSA) is 26.3 Å². The molecule has 0 N–H and O–H groups in total. The first-order chi connectivity index (χ1) is 7.61. The Morgan fingerprint density at radius 3 is 2.75 bits per heavy atom. The number of fused-ring (bicyclic) bond motifs is 1. The van der Waals surface area contributed by atoms with Gasteiger partial charge in [-0.25, -0.2) is 0 Å². The highest BCUT2D eigenvalue weighted by molar-refractivity contribution is 5.77. The molecule has 0 saturated carbocycles. The maximum Gasteiger partial charge on any atom is 0.312 e. The van der Waals surface area contributed by atoms with Crippen molar-refractivity contribution >= 4 is 5.97 Å². The van der Waals surface area contributed by atoms with Crippen molar-refractivity contribution in [2.45, 2.75) is 32.6 Å². The Morgan fingerprint density at radius 2 is 2.06 bits per heavy atom. The summed E-state index contributed by atoms with van der Waals surface area (Å²) < 4.78 is 4.77. The number of carbonyl (C=O) groups is 1. The molecule has 0 fully saturated rings. The number of ether oxygens (including phenoxy) is 1. The smallest absolute Gasteiger partial charge is 0.312 e. The first-order valence-corrected chi connectivity index (χ1v) is 5.81. The van der Waals surface area contributed by atoms with Gasteiger partial charge in [-0.05, 0) is 42.4 Å². The van der Waals surface area contributed by atoms with Crippen LogP contribution in [0.2, 0.25) is 0 Å². The minimum atomic E-state index is -0.161. The van der Waals surface area contributed by atoms with Gasteiger partial charge in [0.15, 0.2) is 0 Å². The third-order valence-electron chi connectivity index (χ3n) is 3.42. The first-order valence-electron chi connectivity index (χ1n) is 5.81. The van der Waals surface area contributed by atoms with Gasteiger partial charge in [-0.2, -0.15) is 0 Å². The SMILES string of the molecule is COC(=O)[C@@H](C)c1ccc2c(c1)C[C@H](C)C2. The normalized spacial score (nSPS) is 20.3. The summed E-state index contributed by atoms with van der Waals surface area (Å²) >= 11 is 0. The van der Waals surface area contributed by atoms with Crippen LogP contribution in [0.3, 0.4) is 0 Å². The van der Waals surface area contributed by atoms with Crippen molar-refractivity contribution in [1.29, 1.82) is 0 Å². The van der Waals surface area contributed by atoms with Crippen molar-refractivity contribution < 1.29 is 9.53 Å². The van der Waals surface area contributed by atoms with Crippen LogP contribution in [0.15, 0.2) is 18.2 Å². The summed E-state index contributed by atoms with van der Waals surface area (Å²) in [6, 6.07) is 6.38. The van der Waals surface area contributed by atoms with E-state index >= 15 is 0 Å². The van der Waals surface area contributed by atoms with E-state index in [2.05, 4.69) is 25.1 Å². The largest absolute Gasteiger partial charge is 0.469 e. The number of esters is 1. The molecule has 0 aromatic heterocycles. The Labute approximate surface area is 96.6 Å². The quantitative estimate of drug-likeness (QED) is 0.713. The van der Waals surface area contributed by atoms with E-state index in [-0.39, 0.29) is 11.9 Å². The van der Waals surface area contributed by atoms with E-state index in [1.807, 2.05) is 6.92 Å². The van der Waals surface area contributed by atoms with Crippen molar-refractivity contribution in [3.8, 4) is 0 Å². The molecule has 1 aromatic carbocycles. The van der Waals surface area contributed by atoms with E-state index in [9.17, 15) is 4.79 Å². The molecule has 0 bridgehead atoms. The highest BCUT2D eigenvalue weighted by atomic mass is 16.5. The standard InChI is InChI=1S/C14H18O2/c1-9-6-12-5-4-11(8-13(12)7-9)10(2)14(15)16-3/h4-5,8-10H,6-7H2,1-3H3/t9-,10+/m1/s1. The van der Waals surface area contributed by atoms with E-state index in [1.54, 1.807) is 0 Å². The lowest BCUT2D eigenvalue weighted by Gasteiger charge is -2.11. The summed E-state index contributed by atoms with van der Waals surface area (Å²) in [6.07, 6.45) is 2.30. The van der Waals surface area contributed by atoms with E-state index in [4.69, 9.17) is 4.74 Å². The van der Waals surface area contributed by atoms with Crippen LogP contribution < -0.4 is 0 Å². The van der Waals surface area contributed by atoms with Gasteiger partial charge in [0, 0.05) is 0 Å². The summed E-state index contributed by atoms with van der Waals surface area (Å²) in [6.45, 7) is 4.16. The van der Waals surface area contributed by atoms with Crippen LogP contribution in [-0.4, -0.2) is 13.1 Å². The van der Waals surface area contributed by atoms with Crippen molar-refractivity contribution in [2.24, 2.45) is 5.92 Å². The Balaban J connectivity index is 2.25. The molecule has 0 amide bonds. The molecule has 2 nitrogen and oxygen atoms in total. The van der Waals surface area contributed by atoms with Crippen molar-refractivity contribution in [1.82, 2.24) is 0 Å². The van der Waals surface area contributed by atoms with Gasteiger partial charge in [0.1, 0.15) is 0 Å². The van der Waals surface area contributed by atoms with Crippen molar-refractivity contribution in [2.75, 3.05) is 7.11 Å². The Hall–Kier alpha value is -1.31. The van der Waals surface area contributed by atoms with Crippen LogP contribution in [0, 0.1) is 5.92 Å². The van der Waals surface area contributed by atoms with Gasteiger partial charge < -0.3 is 4.74 Å². The maximum absolute atomic E-state index is 11.5. The lowest BCUT2D eigenvalue weighted by atomic mass is 9.97. The average Bonchev–Trinajstić information content (AvgIpc) is 2.65. The predicted molar refractivity (Wildman–Crippen MR) is 63.4 cm³/mol. The third-order valence-corrected chi connectivity index (χ3v) is 3.42. The van der Waals surface area contributed by atoms with E-state index in [0.29, 0.717) is 0 Å². The molecule has 1 aliphatic rings. The number of rotatable bonds is 2. The molecule has 1 aliphatic carbocycles. The molecule has 0 unspecified atom stereocenters. The highest BCUT2D eigenvalue weighted by Crippen LogP contribution is 2.29. The Kier molecular flexibility index (Phi) is 2.99. The molecule has 86 valence electrons. The van der Waals surface area contributed by atoms with E-state index in [1.165, 1.54) is 24.7 Å². The van der Waals surface area contributed by atoms with Crippen LogP contribution in [0.1, 0.15) is 36.5 Å². The summed E-state index contributed by atoms with van der Waals surface area (Å²) in [7, 11) is 1.44. The molecule has 1 aromatic rings. The summed E-state index contributed by atoms with van der Waals surface area (Å²) in [5.41, 5.74) is 3.91. The van der Waals surface area contributed by atoms with Gasteiger partial charge in [-0.3, -0.25) is 4.79 Å². The first kappa shape index (κ1) is 11.2. The minimum absolute atomic E-state index is 0.161. The molecule has 2 heteroatoms. The van der Waals surface area contributed by atoms with Crippen molar-refractivity contribution in [3.05, 3.63) is 34.9 Å². The zero-order valence-corrected chi connectivity index (χ0v) is 10.1.